The minimum absolute atomic E-state index is 0.0482. The molecule has 0 bridgehead atoms. The summed E-state index contributed by atoms with van der Waals surface area (Å²) in [7, 11) is 1.59. The number of aliphatic hydroxyl groups excluding tert-OH is 1. The summed E-state index contributed by atoms with van der Waals surface area (Å²) in [6, 6.07) is 20.0. The minimum Gasteiger partial charge on any atom is -0.507 e. The smallest absolute Gasteiger partial charge is 0.295 e. The maximum Gasteiger partial charge on any atom is 0.295 e. The van der Waals surface area contributed by atoms with E-state index in [0.29, 0.717) is 17.9 Å². The summed E-state index contributed by atoms with van der Waals surface area (Å²) in [6.45, 7) is 7.18. The quantitative estimate of drug-likeness (QED) is 0.284. The van der Waals surface area contributed by atoms with Gasteiger partial charge in [0.05, 0.1) is 25.3 Å². The summed E-state index contributed by atoms with van der Waals surface area (Å²) in [5.41, 5.74) is 4.25. The number of likely N-dealkylation sites (tertiary alicyclic amines) is 1. The molecule has 1 atom stereocenters. The number of hydrogen-bond donors (Lipinski definition) is 1. The van der Waals surface area contributed by atoms with Gasteiger partial charge in [-0.2, -0.15) is 0 Å². The van der Waals surface area contributed by atoms with E-state index in [0.717, 1.165) is 34.4 Å². The van der Waals surface area contributed by atoms with Crippen LogP contribution < -0.4 is 9.47 Å². The number of rotatable bonds is 5. The standard InChI is InChI=1S/C31H31NO5/c1-31(2,3)23-11-8-20(9-12-23)27-26(28(33)22-10-13-25-21(17-22)14-15-37-25)29(34)30(35)32(27)18-19-6-5-7-24(16-19)36-4/h5-13,16-17,27,33H,14-15,18H2,1-4H3/b28-26-. The van der Waals surface area contributed by atoms with Crippen LogP contribution in [-0.2, 0) is 28.0 Å². The van der Waals surface area contributed by atoms with E-state index in [2.05, 4.69) is 20.8 Å². The molecule has 1 N–H and O–H groups in total. The van der Waals surface area contributed by atoms with Gasteiger partial charge in [0, 0.05) is 18.5 Å². The second-order valence-corrected chi connectivity index (χ2v) is 10.6. The largest absolute Gasteiger partial charge is 0.507 e. The van der Waals surface area contributed by atoms with Gasteiger partial charge in [0.2, 0.25) is 0 Å². The molecule has 1 unspecified atom stereocenters. The van der Waals surface area contributed by atoms with E-state index < -0.39 is 17.7 Å². The van der Waals surface area contributed by atoms with Crippen LogP contribution in [0, 0.1) is 0 Å². The molecule has 1 saturated heterocycles. The number of methoxy groups -OCH3 is 1. The molecule has 5 rings (SSSR count). The summed E-state index contributed by atoms with van der Waals surface area (Å²) in [5.74, 6) is -0.0586. The van der Waals surface area contributed by atoms with Gasteiger partial charge in [-0.25, -0.2) is 0 Å². The van der Waals surface area contributed by atoms with Gasteiger partial charge in [0.1, 0.15) is 17.3 Å². The monoisotopic (exact) mass is 497 g/mol. The third-order valence-electron chi connectivity index (χ3n) is 7.08. The Balaban J connectivity index is 1.62. The first-order chi connectivity index (χ1) is 17.7. The normalized spacial score (nSPS) is 18.6. The zero-order valence-corrected chi connectivity index (χ0v) is 21.6. The van der Waals surface area contributed by atoms with Crippen LogP contribution in [0.15, 0.2) is 72.3 Å². The molecule has 2 heterocycles. The fourth-order valence-electron chi connectivity index (χ4n) is 5.01. The van der Waals surface area contributed by atoms with E-state index in [1.807, 2.05) is 54.6 Å². The number of carbonyl (C=O) groups excluding carboxylic acids is 2. The molecule has 0 saturated carbocycles. The number of Topliss-reactive ketones (excluding diaryl/α,β-unsaturated/α-hetero) is 1. The molecule has 1 amide bonds. The first-order valence-corrected chi connectivity index (χ1v) is 12.5. The van der Waals surface area contributed by atoms with E-state index in [4.69, 9.17) is 9.47 Å². The average molecular weight is 498 g/mol. The number of amides is 1. The van der Waals surface area contributed by atoms with Crippen LogP contribution in [-0.4, -0.2) is 35.4 Å². The Hall–Kier alpha value is -4.06. The number of nitrogens with zero attached hydrogens (tertiary/aromatic N) is 1. The van der Waals surface area contributed by atoms with Gasteiger partial charge in [-0.15, -0.1) is 0 Å². The number of ether oxygens (including phenoxy) is 2. The van der Waals surface area contributed by atoms with Gasteiger partial charge < -0.3 is 19.5 Å². The molecule has 3 aromatic carbocycles. The zero-order chi connectivity index (χ0) is 26.3. The van der Waals surface area contributed by atoms with Crippen LogP contribution in [0.5, 0.6) is 11.5 Å². The fourth-order valence-corrected chi connectivity index (χ4v) is 5.01. The maximum atomic E-state index is 13.4. The Labute approximate surface area is 217 Å². The molecule has 2 aliphatic rings. The third-order valence-corrected chi connectivity index (χ3v) is 7.08. The van der Waals surface area contributed by atoms with Crippen molar-refractivity contribution in [2.75, 3.05) is 13.7 Å². The molecule has 1 fully saturated rings. The van der Waals surface area contributed by atoms with Crippen molar-refractivity contribution >= 4 is 17.4 Å². The molecule has 6 heteroatoms. The van der Waals surface area contributed by atoms with E-state index in [1.54, 1.807) is 19.2 Å². The minimum atomic E-state index is -0.732. The Morgan fingerprint density at radius 3 is 2.51 bits per heavy atom. The van der Waals surface area contributed by atoms with Crippen LogP contribution in [0.2, 0.25) is 0 Å². The van der Waals surface area contributed by atoms with E-state index in [-0.39, 0.29) is 23.3 Å². The van der Waals surface area contributed by atoms with Gasteiger partial charge in [-0.3, -0.25) is 9.59 Å². The first-order valence-electron chi connectivity index (χ1n) is 12.5. The SMILES string of the molecule is COc1cccc(CN2C(=O)C(=O)/C(=C(\O)c3ccc4c(c3)CCO4)C2c2ccc(C(C)(C)C)cc2)c1. The van der Waals surface area contributed by atoms with Gasteiger partial charge in [0.15, 0.2) is 0 Å². The van der Waals surface area contributed by atoms with E-state index in [1.165, 1.54) is 4.90 Å². The van der Waals surface area contributed by atoms with Crippen molar-refractivity contribution in [1.82, 2.24) is 4.90 Å². The Bertz CT molecular complexity index is 1400. The molecule has 37 heavy (non-hydrogen) atoms. The number of benzene rings is 3. The van der Waals surface area contributed by atoms with Crippen molar-refractivity contribution in [2.24, 2.45) is 0 Å². The Morgan fingerprint density at radius 2 is 1.81 bits per heavy atom. The molecule has 0 spiro atoms. The predicted octanol–water partition coefficient (Wildman–Crippen LogP) is 5.55. The highest BCUT2D eigenvalue weighted by molar-refractivity contribution is 6.46. The van der Waals surface area contributed by atoms with Crippen LogP contribution >= 0.6 is 0 Å². The van der Waals surface area contributed by atoms with Crippen LogP contribution in [0.25, 0.3) is 5.76 Å². The number of fused-ring (bicyclic) bond motifs is 1. The Kier molecular flexibility index (Phi) is 6.28. The zero-order valence-electron chi connectivity index (χ0n) is 21.6. The molecule has 2 aliphatic heterocycles. The van der Waals surface area contributed by atoms with Crippen molar-refractivity contribution in [2.45, 2.75) is 45.2 Å². The molecule has 0 radical (unpaired) electrons. The lowest BCUT2D eigenvalue weighted by Gasteiger charge is -2.27. The van der Waals surface area contributed by atoms with Crippen molar-refractivity contribution in [3.05, 3.63) is 100 Å². The van der Waals surface area contributed by atoms with Crippen molar-refractivity contribution in [3.8, 4) is 11.5 Å². The van der Waals surface area contributed by atoms with Crippen molar-refractivity contribution in [1.29, 1.82) is 0 Å². The molecule has 0 aliphatic carbocycles. The topological polar surface area (TPSA) is 76.1 Å². The maximum absolute atomic E-state index is 13.4. The summed E-state index contributed by atoms with van der Waals surface area (Å²) in [6.07, 6.45) is 0.734. The molecule has 3 aromatic rings. The molecule has 0 aromatic heterocycles. The average Bonchev–Trinajstić information content (AvgIpc) is 3.46. The summed E-state index contributed by atoms with van der Waals surface area (Å²) < 4.78 is 10.9. The summed E-state index contributed by atoms with van der Waals surface area (Å²) in [4.78, 5) is 28.3. The van der Waals surface area contributed by atoms with Crippen molar-refractivity contribution in [3.63, 3.8) is 0 Å². The van der Waals surface area contributed by atoms with Crippen molar-refractivity contribution < 1.29 is 24.2 Å². The van der Waals surface area contributed by atoms with E-state index in [9.17, 15) is 14.7 Å². The lowest BCUT2D eigenvalue weighted by Crippen LogP contribution is -2.29. The van der Waals surface area contributed by atoms with Crippen LogP contribution in [0.1, 0.15) is 54.6 Å². The van der Waals surface area contributed by atoms with Gasteiger partial charge in [-0.05, 0) is 58.0 Å². The highest BCUT2D eigenvalue weighted by atomic mass is 16.5. The van der Waals surface area contributed by atoms with Gasteiger partial charge >= 0.3 is 0 Å². The third kappa shape index (κ3) is 4.59. The summed E-state index contributed by atoms with van der Waals surface area (Å²) in [5, 5.41) is 11.4. The molecule has 6 nitrogen and oxygen atoms in total. The highest BCUT2D eigenvalue weighted by Crippen LogP contribution is 2.41. The first kappa shape index (κ1) is 24.6. The lowest BCUT2D eigenvalue weighted by molar-refractivity contribution is -0.140. The highest BCUT2D eigenvalue weighted by Gasteiger charge is 2.46. The number of hydrogen-bond acceptors (Lipinski definition) is 5. The molecular weight excluding hydrogens is 466 g/mol. The second kappa shape index (κ2) is 9.43. The number of aliphatic hydroxyl groups is 1. The van der Waals surface area contributed by atoms with Crippen LogP contribution in [0.4, 0.5) is 0 Å². The molecule has 190 valence electrons. The predicted molar refractivity (Wildman–Crippen MR) is 142 cm³/mol. The number of ketones is 1. The molecular formula is C31H31NO5. The summed E-state index contributed by atoms with van der Waals surface area (Å²) >= 11 is 0. The van der Waals surface area contributed by atoms with Crippen LogP contribution in [0.3, 0.4) is 0 Å². The fraction of sp³-hybridized carbons (Fsp3) is 0.290. The van der Waals surface area contributed by atoms with E-state index >= 15 is 0 Å². The second-order valence-electron chi connectivity index (χ2n) is 10.6. The lowest BCUT2D eigenvalue weighted by atomic mass is 9.85. The van der Waals surface area contributed by atoms with Gasteiger partial charge in [0.25, 0.3) is 11.7 Å². The van der Waals surface area contributed by atoms with Gasteiger partial charge in [-0.1, -0.05) is 57.2 Å². The number of carbonyl (C=O) groups is 2. The Morgan fingerprint density at radius 1 is 1.05 bits per heavy atom.